The summed E-state index contributed by atoms with van der Waals surface area (Å²) in [5.41, 5.74) is 3.41. The third kappa shape index (κ3) is 4.79. The number of nitrogens with one attached hydrogen (secondary N) is 2. The Labute approximate surface area is 146 Å². The lowest BCUT2D eigenvalue weighted by Crippen LogP contribution is -2.24. The molecule has 0 saturated heterocycles. The van der Waals surface area contributed by atoms with Crippen LogP contribution in [0.4, 0.5) is 15.8 Å². The van der Waals surface area contributed by atoms with Crippen LogP contribution in [0.3, 0.4) is 0 Å². The van der Waals surface area contributed by atoms with Crippen molar-refractivity contribution in [2.75, 3.05) is 24.3 Å². The maximum atomic E-state index is 13.7. The molecule has 0 aliphatic carbocycles. The SMILES string of the molecule is CC(=O)Nc1cc(C(=O)NCc2ccc(C)cc2N(C)C)ccc1F. The van der Waals surface area contributed by atoms with Gasteiger partial charge in [0.25, 0.3) is 5.91 Å². The number of halogens is 1. The molecule has 132 valence electrons. The largest absolute Gasteiger partial charge is 0.377 e. The van der Waals surface area contributed by atoms with Crippen LogP contribution < -0.4 is 15.5 Å². The zero-order valence-corrected chi connectivity index (χ0v) is 14.8. The van der Waals surface area contributed by atoms with Crippen LogP contribution in [0.15, 0.2) is 36.4 Å². The second-order valence-electron chi connectivity index (χ2n) is 6.09. The number of aryl methyl sites for hydroxylation is 1. The molecule has 2 rings (SSSR count). The van der Waals surface area contributed by atoms with Gasteiger partial charge in [0.1, 0.15) is 5.82 Å². The monoisotopic (exact) mass is 343 g/mol. The minimum absolute atomic E-state index is 0.00975. The molecule has 2 N–H and O–H groups in total. The third-order valence-electron chi connectivity index (χ3n) is 3.70. The van der Waals surface area contributed by atoms with Crippen LogP contribution in [-0.2, 0) is 11.3 Å². The number of nitrogens with zero attached hydrogens (tertiary/aromatic N) is 1. The molecule has 0 unspecified atom stereocenters. The molecule has 0 fully saturated rings. The lowest BCUT2D eigenvalue weighted by atomic mass is 10.1. The van der Waals surface area contributed by atoms with Crippen molar-refractivity contribution in [1.29, 1.82) is 0 Å². The van der Waals surface area contributed by atoms with E-state index in [1.165, 1.54) is 19.1 Å². The van der Waals surface area contributed by atoms with E-state index in [1.54, 1.807) is 0 Å². The molecule has 0 atom stereocenters. The van der Waals surface area contributed by atoms with E-state index in [2.05, 4.69) is 10.6 Å². The van der Waals surface area contributed by atoms with E-state index < -0.39 is 11.7 Å². The summed E-state index contributed by atoms with van der Waals surface area (Å²) in [7, 11) is 3.89. The van der Waals surface area contributed by atoms with E-state index in [0.717, 1.165) is 22.9 Å². The summed E-state index contributed by atoms with van der Waals surface area (Å²) in [5.74, 6) is -1.32. The molecule has 2 aromatic rings. The molecule has 0 bridgehead atoms. The number of hydrogen-bond acceptors (Lipinski definition) is 3. The van der Waals surface area contributed by atoms with Gasteiger partial charge in [-0.25, -0.2) is 4.39 Å². The highest BCUT2D eigenvalue weighted by Gasteiger charge is 2.12. The van der Waals surface area contributed by atoms with Crippen LogP contribution in [0, 0.1) is 12.7 Å². The van der Waals surface area contributed by atoms with Crippen LogP contribution in [-0.4, -0.2) is 25.9 Å². The van der Waals surface area contributed by atoms with Crippen molar-refractivity contribution in [3.63, 3.8) is 0 Å². The van der Waals surface area contributed by atoms with E-state index in [4.69, 9.17) is 0 Å². The van der Waals surface area contributed by atoms with E-state index >= 15 is 0 Å². The number of carbonyl (C=O) groups excluding carboxylic acids is 2. The number of rotatable bonds is 5. The molecule has 6 heteroatoms. The zero-order valence-electron chi connectivity index (χ0n) is 14.8. The number of carbonyl (C=O) groups is 2. The summed E-state index contributed by atoms with van der Waals surface area (Å²) >= 11 is 0. The Bertz CT molecular complexity index is 803. The molecule has 5 nitrogen and oxygen atoms in total. The summed E-state index contributed by atoms with van der Waals surface area (Å²) in [4.78, 5) is 25.4. The Morgan fingerprint density at radius 3 is 2.48 bits per heavy atom. The molecule has 0 aliphatic heterocycles. The molecule has 2 aromatic carbocycles. The van der Waals surface area contributed by atoms with Crippen molar-refractivity contribution in [2.24, 2.45) is 0 Å². The summed E-state index contributed by atoms with van der Waals surface area (Å²) in [6, 6.07) is 9.89. The highest BCUT2D eigenvalue weighted by molar-refractivity contribution is 5.96. The average molecular weight is 343 g/mol. The van der Waals surface area contributed by atoms with Gasteiger partial charge >= 0.3 is 0 Å². The summed E-state index contributed by atoms with van der Waals surface area (Å²) in [6.07, 6.45) is 0. The molecule has 0 radical (unpaired) electrons. The number of anilines is 2. The summed E-state index contributed by atoms with van der Waals surface area (Å²) in [6.45, 7) is 3.64. The smallest absolute Gasteiger partial charge is 0.251 e. The predicted octanol–water partition coefficient (Wildman–Crippen LogP) is 3.09. The lowest BCUT2D eigenvalue weighted by molar-refractivity contribution is -0.114. The standard InChI is InChI=1S/C19H22FN3O2/c1-12-5-6-15(18(9-12)23(3)4)11-21-19(25)14-7-8-16(20)17(10-14)22-13(2)24/h5-10H,11H2,1-4H3,(H,21,25)(H,22,24). The Kier molecular flexibility index (Phi) is 5.75. The maximum Gasteiger partial charge on any atom is 0.251 e. The molecule has 2 amide bonds. The highest BCUT2D eigenvalue weighted by atomic mass is 19.1. The first-order chi connectivity index (χ1) is 11.8. The van der Waals surface area contributed by atoms with Crippen LogP contribution in [0.25, 0.3) is 0 Å². The Hall–Kier alpha value is -2.89. The zero-order chi connectivity index (χ0) is 18.6. The van der Waals surface area contributed by atoms with Gasteiger partial charge < -0.3 is 15.5 Å². The first-order valence-electron chi connectivity index (χ1n) is 7.90. The minimum Gasteiger partial charge on any atom is -0.377 e. The number of benzene rings is 2. The molecule has 0 aliphatic rings. The Morgan fingerprint density at radius 1 is 1.12 bits per heavy atom. The Morgan fingerprint density at radius 2 is 1.84 bits per heavy atom. The van der Waals surface area contributed by atoms with Gasteiger partial charge in [-0.2, -0.15) is 0 Å². The molecule has 0 saturated carbocycles. The number of amides is 2. The highest BCUT2D eigenvalue weighted by Crippen LogP contribution is 2.21. The molecule has 0 aromatic heterocycles. The van der Waals surface area contributed by atoms with Crippen molar-refractivity contribution in [2.45, 2.75) is 20.4 Å². The van der Waals surface area contributed by atoms with Gasteiger partial charge in [-0.05, 0) is 42.3 Å². The van der Waals surface area contributed by atoms with Gasteiger partial charge in [-0.15, -0.1) is 0 Å². The minimum atomic E-state index is -0.583. The quantitative estimate of drug-likeness (QED) is 0.877. The van der Waals surface area contributed by atoms with Crippen molar-refractivity contribution in [1.82, 2.24) is 5.32 Å². The predicted molar refractivity (Wildman–Crippen MR) is 97.4 cm³/mol. The van der Waals surface area contributed by atoms with Crippen molar-refractivity contribution < 1.29 is 14.0 Å². The first-order valence-corrected chi connectivity index (χ1v) is 7.90. The summed E-state index contributed by atoms with van der Waals surface area (Å²) < 4.78 is 13.7. The Balaban J connectivity index is 2.14. The topological polar surface area (TPSA) is 61.4 Å². The third-order valence-corrected chi connectivity index (χ3v) is 3.70. The van der Waals surface area contributed by atoms with Crippen LogP contribution in [0.5, 0.6) is 0 Å². The fourth-order valence-corrected chi connectivity index (χ4v) is 2.47. The normalized spacial score (nSPS) is 10.3. The van der Waals surface area contributed by atoms with E-state index in [-0.39, 0.29) is 17.2 Å². The lowest BCUT2D eigenvalue weighted by Gasteiger charge is -2.18. The van der Waals surface area contributed by atoms with Crippen LogP contribution in [0.1, 0.15) is 28.4 Å². The molecule has 0 spiro atoms. The van der Waals surface area contributed by atoms with Crippen LogP contribution >= 0.6 is 0 Å². The maximum absolute atomic E-state index is 13.7. The van der Waals surface area contributed by atoms with Gasteiger partial charge in [-0.1, -0.05) is 12.1 Å². The van der Waals surface area contributed by atoms with Crippen LogP contribution in [0.2, 0.25) is 0 Å². The van der Waals surface area contributed by atoms with Crippen molar-refractivity contribution in [3.05, 3.63) is 58.9 Å². The van der Waals surface area contributed by atoms with Gasteiger partial charge in [0, 0.05) is 38.8 Å². The summed E-state index contributed by atoms with van der Waals surface area (Å²) in [5, 5.41) is 5.20. The molecule has 0 heterocycles. The second-order valence-corrected chi connectivity index (χ2v) is 6.09. The fraction of sp³-hybridized carbons (Fsp3) is 0.263. The van der Waals surface area contributed by atoms with Crippen molar-refractivity contribution >= 4 is 23.2 Å². The first kappa shape index (κ1) is 18.4. The molecule has 25 heavy (non-hydrogen) atoms. The second kappa shape index (κ2) is 7.79. The van der Waals surface area contributed by atoms with E-state index in [1.807, 2.05) is 44.1 Å². The van der Waals surface area contributed by atoms with Gasteiger partial charge in [0.2, 0.25) is 5.91 Å². The van der Waals surface area contributed by atoms with E-state index in [0.29, 0.717) is 6.54 Å². The van der Waals surface area contributed by atoms with E-state index in [9.17, 15) is 14.0 Å². The van der Waals surface area contributed by atoms with Gasteiger partial charge in [0.05, 0.1) is 5.69 Å². The molecular formula is C19H22FN3O2. The van der Waals surface area contributed by atoms with Gasteiger partial charge in [0.15, 0.2) is 0 Å². The molecular weight excluding hydrogens is 321 g/mol. The number of hydrogen-bond donors (Lipinski definition) is 2. The van der Waals surface area contributed by atoms with Crippen molar-refractivity contribution in [3.8, 4) is 0 Å². The fourth-order valence-electron chi connectivity index (χ4n) is 2.47. The van der Waals surface area contributed by atoms with Gasteiger partial charge in [-0.3, -0.25) is 9.59 Å². The average Bonchev–Trinajstić information content (AvgIpc) is 2.54.